The average Bonchev–Trinajstić information content (AvgIpc) is 2.09. The zero-order chi connectivity index (χ0) is 9.84. The SMILES string of the molecule is Nc1ccc(CC(O)CO)c(N)c1. The van der Waals surface area contributed by atoms with Gasteiger partial charge in [0.2, 0.25) is 0 Å². The van der Waals surface area contributed by atoms with Crippen LogP contribution in [-0.2, 0) is 6.42 Å². The number of anilines is 2. The Kier molecular flexibility index (Phi) is 3.11. The van der Waals surface area contributed by atoms with E-state index in [1.165, 1.54) is 0 Å². The van der Waals surface area contributed by atoms with E-state index in [-0.39, 0.29) is 6.61 Å². The number of aliphatic hydroxyl groups excluding tert-OH is 2. The second kappa shape index (κ2) is 4.11. The quantitative estimate of drug-likeness (QED) is 0.485. The summed E-state index contributed by atoms with van der Waals surface area (Å²) >= 11 is 0. The second-order valence-corrected chi connectivity index (χ2v) is 3.00. The lowest BCUT2D eigenvalue weighted by Crippen LogP contribution is -2.16. The van der Waals surface area contributed by atoms with Gasteiger partial charge in [-0.3, -0.25) is 0 Å². The van der Waals surface area contributed by atoms with E-state index in [1.54, 1.807) is 18.2 Å². The van der Waals surface area contributed by atoms with Crippen LogP contribution in [-0.4, -0.2) is 22.9 Å². The first kappa shape index (κ1) is 9.83. The third kappa shape index (κ3) is 2.61. The Bertz CT molecular complexity index is 289. The molecule has 1 aromatic carbocycles. The van der Waals surface area contributed by atoms with Crippen LogP contribution in [0.3, 0.4) is 0 Å². The van der Waals surface area contributed by atoms with Gasteiger partial charge in [0.1, 0.15) is 0 Å². The van der Waals surface area contributed by atoms with Gasteiger partial charge in [0.05, 0.1) is 12.7 Å². The summed E-state index contributed by atoms with van der Waals surface area (Å²) in [4.78, 5) is 0. The third-order valence-corrected chi connectivity index (χ3v) is 1.84. The molecule has 13 heavy (non-hydrogen) atoms. The second-order valence-electron chi connectivity index (χ2n) is 3.00. The third-order valence-electron chi connectivity index (χ3n) is 1.84. The first-order valence-corrected chi connectivity index (χ1v) is 4.06. The first-order valence-electron chi connectivity index (χ1n) is 4.06. The molecule has 0 aromatic heterocycles. The van der Waals surface area contributed by atoms with E-state index in [4.69, 9.17) is 21.7 Å². The molecule has 72 valence electrons. The van der Waals surface area contributed by atoms with E-state index in [0.29, 0.717) is 17.8 Å². The molecule has 1 unspecified atom stereocenters. The van der Waals surface area contributed by atoms with Gasteiger partial charge in [-0.05, 0) is 17.7 Å². The number of benzene rings is 1. The lowest BCUT2D eigenvalue weighted by Gasteiger charge is -2.09. The molecule has 0 spiro atoms. The van der Waals surface area contributed by atoms with Gasteiger partial charge in [0.25, 0.3) is 0 Å². The highest BCUT2D eigenvalue weighted by Gasteiger charge is 2.06. The summed E-state index contributed by atoms with van der Waals surface area (Å²) in [6, 6.07) is 5.11. The van der Waals surface area contributed by atoms with Crippen molar-refractivity contribution in [3.63, 3.8) is 0 Å². The van der Waals surface area contributed by atoms with Crippen LogP contribution < -0.4 is 11.5 Å². The predicted molar refractivity (Wildman–Crippen MR) is 52.1 cm³/mol. The summed E-state index contributed by atoms with van der Waals surface area (Å²) in [6.45, 7) is -0.260. The Balaban J connectivity index is 2.77. The van der Waals surface area contributed by atoms with Crippen LogP contribution in [0.5, 0.6) is 0 Å². The van der Waals surface area contributed by atoms with E-state index < -0.39 is 6.10 Å². The molecule has 0 aliphatic carbocycles. The van der Waals surface area contributed by atoms with Gasteiger partial charge in [-0.1, -0.05) is 6.07 Å². The number of nitrogens with two attached hydrogens (primary N) is 2. The van der Waals surface area contributed by atoms with E-state index in [0.717, 1.165) is 5.56 Å². The highest BCUT2D eigenvalue weighted by atomic mass is 16.3. The van der Waals surface area contributed by atoms with Crippen LogP contribution in [0.15, 0.2) is 18.2 Å². The number of aliphatic hydroxyl groups is 2. The van der Waals surface area contributed by atoms with Gasteiger partial charge in [0, 0.05) is 17.8 Å². The van der Waals surface area contributed by atoms with E-state index in [9.17, 15) is 0 Å². The molecule has 0 fully saturated rings. The molecule has 0 aliphatic heterocycles. The Hall–Kier alpha value is -1.26. The number of rotatable bonds is 3. The molecule has 0 radical (unpaired) electrons. The topological polar surface area (TPSA) is 92.5 Å². The monoisotopic (exact) mass is 182 g/mol. The van der Waals surface area contributed by atoms with Crippen LogP contribution in [0.1, 0.15) is 5.56 Å². The fourth-order valence-electron chi connectivity index (χ4n) is 1.12. The van der Waals surface area contributed by atoms with Gasteiger partial charge < -0.3 is 21.7 Å². The van der Waals surface area contributed by atoms with Crippen LogP contribution >= 0.6 is 0 Å². The first-order chi connectivity index (χ1) is 6.13. The van der Waals surface area contributed by atoms with Gasteiger partial charge in [0.15, 0.2) is 0 Å². The molecule has 1 aromatic rings. The highest BCUT2D eigenvalue weighted by Crippen LogP contribution is 2.17. The van der Waals surface area contributed by atoms with E-state index in [2.05, 4.69) is 0 Å². The summed E-state index contributed by atoms with van der Waals surface area (Å²) in [5, 5.41) is 17.8. The van der Waals surface area contributed by atoms with Crippen LogP contribution in [0.2, 0.25) is 0 Å². The van der Waals surface area contributed by atoms with Gasteiger partial charge in [-0.15, -0.1) is 0 Å². The summed E-state index contributed by atoms with van der Waals surface area (Å²) in [6.07, 6.45) is -0.409. The maximum Gasteiger partial charge on any atom is 0.0811 e. The summed E-state index contributed by atoms with van der Waals surface area (Å²) < 4.78 is 0. The zero-order valence-electron chi connectivity index (χ0n) is 7.27. The average molecular weight is 182 g/mol. The van der Waals surface area contributed by atoms with Crippen molar-refractivity contribution in [3.8, 4) is 0 Å². The molecular formula is C9H14N2O2. The molecule has 6 N–H and O–H groups in total. The van der Waals surface area contributed by atoms with E-state index in [1.807, 2.05) is 0 Å². The minimum Gasteiger partial charge on any atom is -0.399 e. The summed E-state index contributed by atoms with van der Waals surface area (Å²) in [5.41, 5.74) is 13.1. The number of hydrogen-bond acceptors (Lipinski definition) is 4. The van der Waals surface area contributed by atoms with Crippen molar-refractivity contribution in [3.05, 3.63) is 23.8 Å². The van der Waals surface area contributed by atoms with Gasteiger partial charge >= 0.3 is 0 Å². The maximum atomic E-state index is 9.17. The van der Waals surface area contributed by atoms with Crippen LogP contribution in [0.25, 0.3) is 0 Å². The largest absolute Gasteiger partial charge is 0.399 e. The van der Waals surface area contributed by atoms with Crippen molar-refractivity contribution in [2.45, 2.75) is 12.5 Å². The fourth-order valence-corrected chi connectivity index (χ4v) is 1.12. The normalized spacial score (nSPS) is 12.8. The zero-order valence-corrected chi connectivity index (χ0v) is 7.27. The molecule has 0 bridgehead atoms. The molecular weight excluding hydrogens is 168 g/mol. The molecule has 4 nitrogen and oxygen atoms in total. The maximum absolute atomic E-state index is 9.17. The smallest absolute Gasteiger partial charge is 0.0811 e. The molecule has 1 atom stereocenters. The molecule has 0 amide bonds. The summed E-state index contributed by atoms with van der Waals surface area (Å²) in [5.74, 6) is 0. The van der Waals surface area contributed by atoms with Crippen molar-refractivity contribution in [2.24, 2.45) is 0 Å². The highest BCUT2D eigenvalue weighted by molar-refractivity contribution is 5.56. The number of nitrogen functional groups attached to an aromatic ring is 2. The van der Waals surface area contributed by atoms with Gasteiger partial charge in [-0.2, -0.15) is 0 Å². The molecule has 0 saturated carbocycles. The minimum atomic E-state index is -0.758. The standard InChI is InChI=1S/C9H14N2O2/c10-7-2-1-6(9(11)4-7)3-8(13)5-12/h1-2,4,8,12-13H,3,5,10-11H2. The van der Waals surface area contributed by atoms with Crippen LogP contribution in [0, 0.1) is 0 Å². The molecule has 1 rings (SSSR count). The molecule has 4 heteroatoms. The van der Waals surface area contributed by atoms with Gasteiger partial charge in [-0.25, -0.2) is 0 Å². The Labute approximate surface area is 76.8 Å². The Morgan fingerprint density at radius 3 is 2.54 bits per heavy atom. The molecule has 0 heterocycles. The Morgan fingerprint density at radius 2 is 2.00 bits per heavy atom. The predicted octanol–water partition coefficient (Wildman–Crippen LogP) is -0.253. The summed E-state index contributed by atoms with van der Waals surface area (Å²) in [7, 11) is 0. The minimum absolute atomic E-state index is 0.260. The van der Waals surface area contributed by atoms with Crippen molar-refractivity contribution >= 4 is 11.4 Å². The van der Waals surface area contributed by atoms with Crippen LogP contribution in [0.4, 0.5) is 11.4 Å². The molecule has 0 saturated heterocycles. The van der Waals surface area contributed by atoms with E-state index >= 15 is 0 Å². The fraction of sp³-hybridized carbons (Fsp3) is 0.333. The Morgan fingerprint density at radius 1 is 1.31 bits per heavy atom. The molecule has 0 aliphatic rings. The van der Waals surface area contributed by atoms with Crippen molar-refractivity contribution in [2.75, 3.05) is 18.1 Å². The number of hydrogen-bond donors (Lipinski definition) is 4. The lowest BCUT2D eigenvalue weighted by molar-refractivity contribution is 0.0956. The lowest BCUT2D eigenvalue weighted by atomic mass is 10.1. The van der Waals surface area contributed by atoms with Crippen molar-refractivity contribution in [1.82, 2.24) is 0 Å². The van der Waals surface area contributed by atoms with Crippen molar-refractivity contribution in [1.29, 1.82) is 0 Å². The van der Waals surface area contributed by atoms with Crippen molar-refractivity contribution < 1.29 is 10.2 Å².